The van der Waals surface area contributed by atoms with Crippen LogP contribution in [0, 0.1) is 13.8 Å². The molecule has 188 valence electrons. The first-order chi connectivity index (χ1) is 17.9. The van der Waals surface area contributed by atoms with Gasteiger partial charge in [0, 0.05) is 42.3 Å². The summed E-state index contributed by atoms with van der Waals surface area (Å²) >= 11 is 0. The van der Waals surface area contributed by atoms with E-state index in [1.807, 2.05) is 55.6 Å². The molecule has 0 saturated carbocycles. The molecule has 0 bridgehead atoms. The Bertz CT molecular complexity index is 1420. The largest absolute Gasteiger partial charge is 0.338 e. The van der Waals surface area contributed by atoms with Crippen molar-refractivity contribution in [2.75, 3.05) is 5.32 Å². The van der Waals surface area contributed by atoms with Crippen LogP contribution in [0.15, 0.2) is 73.1 Å². The maximum atomic E-state index is 13.7. The van der Waals surface area contributed by atoms with Crippen LogP contribution in [0.5, 0.6) is 0 Å². The van der Waals surface area contributed by atoms with Crippen LogP contribution in [-0.4, -0.2) is 32.6 Å². The maximum Gasteiger partial charge on any atom is 0.270 e. The molecule has 1 aliphatic rings. The Morgan fingerprint density at radius 1 is 1.00 bits per heavy atom. The summed E-state index contributed by atoms with van der Waals surface area (Å²) in [4.78, 5) is 31.3. The highest BCUT2D eigenvalue weighted by atomic mass is 16.2. The van der Waals surface area contributed by atoms with E-state index in [9.17, 15) is 9.59 Å². The Kier molecular flexibility index (Phi) is 6.86. The van der Waals surface area contributed by atoms with Gasteiger partial charge in [-0.3, -0.25) is 19.3 Å². The van der Waals surface area contributed by atoms with Gasteiger partial charge in [0.25, 0.3) is 5.91 Å². The number of carbonyl (C=O) groups is 2. The van der Waals surface area contributed by atoms with Crippen LogP contribution in [0.2, 0.25) is 0 Å². The van der Waals surface area contributed by atoms with Crippen molar-refractivity contribution < 1.29 is 9.59 Å². The quantitative estimate of drug-likeness (QED) is 0.398. The number of fused-ring (bicyclic) bond motifs is 1. The van der Waals surface area contributed by atoms with Crippen LogP contribution in [0.4, 0.5) is 5.69 Å². The van der Waals surface area contributed by atoms with E-state index in [2.05, 4.69) is 39.8 Å². The summed E-state index contributed by atoms with van der Waals surface area (Å²) < 4.78 is 1.51. The molecular weight excluding hydrogens is 462 g/mol. The van der Waals surface area contributed by atoms with Crippen LogP contribution >= 0.6 is 0 Å². The zero-order valence-corrected chi connectivity index (χ0v) is 21.4. The predicted molar refractivity (Wildman–Crippen MR) is 144 cm³/mol. The first kappa shape index (κ1) is 24.4. The third-order valence-electron chi connectivity index (χ3n) is 7.23. The number of hydrogen-bond acceptors (Lipinski definition) is 4. The molecule has 2 N–H and O–H groups in total. The third-order valence-corrected chi connectivity index (χ3v) is 7.23. The molecule has 1 aliphatic carbocycles. The Morgan fingerprint density at radius 2 is 1.78 bits per heavy atom. The summed E-state index contributed by atoms with van der Waals surface area (Å²) in [5.74, 6) is -0.679. The van der Waals surface area contributed by atoms with Gasteiger partial charge in [-0.1, -0.05) is 36.4 Å². The van der Waals surface area contributed by atoms with E-state index in [1.54, 1.807) is 19.3 Å². The fraction of sp³-hybridized carbons (Fsp3) is 0.267. The summed E-state index contributed by atoms with van der Waals surface area (Å²) in [6, 6.07) is 18.9. The number of nitrogens with zero attached hydrogens (tertiary/aromatic N) is 3. The van der Waals surface area contributed by atoms with E-state index in [4.69, 9.17) is 0 Å². The molecule has 0 aliphatic heterocycles. The minimum absolute atomic E-state index is 0.123. The van der Waals surface area contributed by atoms with E-state index in [0.29, 0.717) is 11.4 Å². The molecule has 2 aromatic carbocycles. The van der Waals surface area contributed by atoms with Crippen molar-refractivity contribution in [3.05, 3.63) is 101 Å². The first-order valence-electron chi connectivity index (χ1n) is 12.6. The second-order valence-electron chi connectivity index (χ2n) is 9.64. The Hall–Kier alpha value is -4.26. The lowest BCUT2D eigenvalue weighted by atomic mass is 9.78. The second kappa shape index (κ2) is 10.4. The molecule has 2 heterocycles. The SMILES string of the molecule is Cc1ccnc(C)c1-c1ccc(NC(=O)C(NC(=O)c2ccnn2C)[C@H]2CCCc3ccccc32)cc1. The van der Waals surface area contributed by atoms with E-state index in [0.717, 1.165) is 47.2 Å². The molecule has 0 saturated heterocycles. The summed E-state index contributed by atoms with van der Waals surface area (Å²) in [7, 11) is 1.72. The standard InChI is InChI=1S/C30H31N5O2/c1-19-15-17-31-20(2)27(19)22-11-13-23(14-12-22)33-30(37)28(34-29(36)26-16-18-32-35(26)3)25-10-6-8-21-7-4-5-9-24(21)25/h4-5,7,9,11-18,25,28H,6,8,10H2,1-3H3,(H,33,37)(H,34,36)/t25-,28?/m0/s1. The zero-order valence-electron chi connectivity index (χ0n) is 21.4. The van der Waals surface area contributed by atoms with Gasteiger partial charge in [0.2, 0.25) is 5.91 Å². The van der Waals surface area contributed by atoms with Crippen molar-refractivity contribution in [2.24, 2.45) is 7.05 Å². The number of aryl methyl sites for hydroxylation is 4. The van der Waals surface area contributed by atoms with Crippen LogP contribution in [0.1, 0.15) is 51.6 Å². The lowest BCUT2D eigenvalue weighted by Gasteiger charge is -2.32. The number of amides is 2. The second-order valence-corrected chi connectivity index (χ2v) is 9.64. The van der Waals surface area contributed by atoms with E-state index < -0.39 is 6.04 Å². The van der Waals surface area contributed by atoms with Crippen LogP contribution in [-0.2, 0) is 18.3 Å². The highest BCUT2D eigenvalue weighted by Gasteiger charge is 2.34. The van der Waals surface area contributed by atoms with Gasteiger partial charge >= 0.3 is 0 Å². The van der Waals surface area contributed by atoms with Gasteiger partial charge < -0.3 is 10.6 Å². The van der Waals surface area contributed by atoms with Gasteiger partial charge in [-0.05, 0) is 79.6 Å². The van der Waals surface area contributed by atoms with Gasteiger partial charge in [-0.2, -0.15) is 5.10 Å². The first-order valence-corrected chi connectivity index (χ1v) is 12.6. The van der Waals surface area contributed by atoms with Crippen molar-refractivity contribution in [2.45, 2.75) is 45.1 Å². The number of carbonyl (C=O) groups excluding carboxylic acids is 2. The average molecular weight is 494 g/mol. The van der Waals surface area contributed by atoms with Crippen molar-refractivity contribution in [1.29, 1.82) is 0 Å². The van der Waals surface area contributed by atoms with Gasteiger partial charge in [-0.15, -0.1) is 0 Å². The molecule has 0 radical (unpaired) electrons. The maximum absolute atomic E-state index is 13.7. The van der Waals surface area contributed by atoms with E-state index in [-0.39, 0.29) is 17.7 Å². The number of aromatic nitrogens is 3. The van der Waals surface area contributed by atoms with Crippen molar-refractivity contribution >= 4 is 17.5 Å². The number of nitrogens with one attached hydrogen (secondary N) is 2. The van der Waals surface area contributed by atoms with Crippen LogP contribution in [0.25, 0.3) is 11.1 Å². The van der Waals surface area contributed by atoms with Gasteiger partial charge in [0.1, 0.15) is 11.7 Å². The normalized spacial score (nSPS) is 15.5. The summed E-state index contributed by atoms with van der Waals surface area (Å²) in [6.07, 6.45) is 6.15. The molecule has 2 amide bonds. The number of anilines is 1. The number of pyridine rings is 1. The van der Waals surface area contributed by atoms with Crippen LogP contribution < -0.4 is 10.6 Å². The number of benzene rings is 2. The van der Waals surface area contributed by atoms with Crippen LogP contribution in [0.3, 0.4) is 0 Å². The fourth-order valence-electron chi connectivity index (χ4n) is 5.37. The highest BCUT2D eigenvalue weighted by molar-refractivity contribution is 6.01. The van der Waals surface area contributed by atoms with Gasteiger partial charge in [0.05, 0.1) is 0 Å². The molecule has 2 atom stereocenters. The third kappa shape index (κ3) is 5.03. The molecule has 7 heteroatoms. The molecular formula is C30H31N5O2. The fourth-order valence-corrected chi connectivity index (χ4v) is 5.37. The Morgan fingerprint density at radius 3 is 2.51 bits per heavy atom. The van der Waals surface area contributed by atoms with E-state index in [1.165, 1.54) is 10.2 Å². The lowest BCUT2D eigenvalue weighted by Crippen LogP contribution is -2.48. The number of rotatable bonds is 6. The minimum Gasteiger partial charge on any atom is -0.338 e. The minimum atomic E-state index is -0.730. The number of hydrogen-bond donors (Lipinski definition) is 2. The van der Waals surface area contributed by atoms with Crippen molar-refractivity contribution in [3.63, 3.8) is 0 Å². The van der Waals surface area contributed by atoms with Crippen molar-refractivity contribution in [1.82, 2.24) is 20.1 Å². The summed E-state index contributed by atoms with van der Waals surface area (Å²) in [5, 5.41) is 10.2. The molecule has 7 nitrogen and oxygen atoms in total. The average Bonchev–Trinajstić information content (AvgIpc) is 3.33. The predicted octanol–water partition coefficient (Wildman–Crippen LogP) is 4.96. The molecule has 5 rings (SSSR count). The van der Waals surface area contributed by atoms with Gasteiger partial charge in [0.15, 0.2) is 0 Å². The molecule has 2 aromatic heterocycles. The van der Waals surface area contributed by atoms with Crippen molar-refractivity contribution in [3.8, 4) is 11.1 Å². The monoisotopic (exact) mass is 493 g/mol. The smallest absolute Gasteiger partial charge is 0.270 e. The van der Waals surface area contributed by atoms with E-state index >= 15 is 0 Å². The Balaban J connectivity index is 1.42. The topological polar surface area (TPSA) is 88.9 Å². The molecule has 0 spiro atoms. The zero-order chi connectivity index (χ0) is 25.9. The molecule has 4 aromatic rings. The summed E-state index contributed by atoms with van der Waals surface area (Å²) in [6.45, 7) is 4.06. The molecule has 1 unspecified atom stereocenters. The lowest BCUT2D eigenvalue weighted by molar-refractivity contribution is -0.118. The molecule has 37 heavy (non-hydrogen) atoms. The Labute approximate surface area is 216 Å². The highest BCUT2D eigenvalue weighted by Crippen LogP contribution is 2.35. The summed E-state index contributed by atoms with van der Waals surface area (Å²) in [5.41, 5.74) is 7.70. The molecule has 0 fully saturated rings. The van der Waals surface area contributed by atoms with Gasteiger partial charge in [-0.25, -0.2) is 0 Å².